The average molecular weight is 265 g/mol. The van der Waals surface area contributed by atoms with Crippen molar-refractivity contribution in [3.05, 3.63) is 0 Å². The van der Waals surface area contributed by atoms with Gasteiger partial charge in [0.2, 0.25) is 0 Å². The summed E-state index contributed by atoms with van der Waals surface area (Å²) in [5, 5.41) is 0. The van der Waals surface area contributed by atoms with Crippen LogP contribution >= 0.6 is 0 Å². The highest BCUT2D eigenvalue weighted by molar-refractivity contribution is 5.90. The van der Waals surface area contributed by atoms with Gasteiger partial charge in [-0.3, -0.25) is 9.69 Å². The number of likely N-dealkylation sites (N-methyl/N-ethyl adjacent to an activating group) is 1. The molecule has 2 fully saturated rings. The third kappa shape index (κ3) is 3.21. The Balaban J connectivity index is 2.11. The highest BCUT2D eigenvalue weighted by atomic mass is 16.1. The second-order valence-electron chi connectivity index (χ2n) is 7.16. The zero-order valence-electron chi connectivity index (χ0n) is 13.1. The summed E-state index contributed by atoms with van der Waals surface area (Å²) in [4.78, 5) is 15.4. The van der Waals surface area contributed by atoms with Crippen molar-refractivity contribution in [2.24, 2.45) is 11.8 Å². The Morgan fingerprint density at radius 1 is 0.947 bits per heavy atom. The Kier molecular flexibility index (Phi) is 5.05. The van der Waals surface area contributed by atoms with Gasteiger partial charge in [-0.25, -0.2) is 0 Å². The van der Waals surface area contributed by atoms with Crippen LogP contribution in [0.4, 0.5) is 0 Å². The summed E-state index contributed by atoms with van der Waals surface area (Å²) in [6, 6.07) is 0. The van der Waals surface area contributed by atoms with Crippen LogP contribution in [0, 0.1) is 11.8 Å². The third-order valence-electron chi connectivity index (χ3n) is 5.63. The molecule has 0 aliphatic heterocycles. The Bertz CT molecular complexity index is 294. The molecule has 0 aromatic heterocycles. The first kappa shape index (κ1) is 15.0. The Labute approximate surface area is 118 Å². The number of carbonyl (C=O) groups is 1. The van der Waals surface area contributed by atoms with Gasteiger partial charge in [-0.2, -0.15) is 0 Å². The van der Waals surface area contributed by atoms with E-state index in [-0.39, 0.29) is 5.54 Å². The lowest BCUT2D eigenvalue weighted by atomic mass is 9.72. The molecule has 2 aliphatic carbocycles. The second kappa shape index (κ2) is 6.39. The normalized spacial score (nSPS) is 32.0. The molecule has 0 spiro atoms. The van der Waals surface area contributed by atoms with Gasteiger partial charge in [0.1, 0.15) is 0 Å². The van der Waals surface area contributed by atoms with E-state index in [1.54, 1.807) is 0 Å². The fourth-order valence-corrected chi connectivity index (χ4v) is 4.13. The van der Waals surface area contributed by atoms with Crippen LogP contribution in [0.1, 0.15) is 71.1 Å². The number of rotatable bonds is 3. The van der Waals surface area contributed by atoms with Crippen molar-refractivity contribution < 1.29 is 4.79 Å². The van der Waals surface area contributed by atoms with Crippen molar-refractivity contribution in [2.45, 2.75) is 76.7 Å². The van der Waals surface area contributed by atoms with E-state index in [9.17, 15) is 4.79 Å². The van der Waals surface area contributed by atoms with Crippen LogP contribution in [-0.2, 0) is 4.79 Å². The molecule has 0 bridgehead atoms. The quantitative estimate of drug-likeness (QED) is 0.718. The van der Waals surface area contributed by atoms with Crippen molar-refractivity contribution in [1.82, 2.24) is 4.90 Å². The Morgan fingerprint density at radius 3 is 1.95 bits per heavy atom. The predicted molar refractivity (Wildman–Crippen MR) is 80.2 cm³/mol. The van der Waals surface area contributed by atoms with Crippen molar-refractivity contribution in [3.63, 3.8) is 0 Å². The first-order valence-corrected chi connectivity index (χ1v) is 8.28. The first-order valence-electron chi connectivity index (χ1n) is 8.28. The minimum atomic E-state index is -0.137. The molecule has 2 rings (SSSR count). The molecule has 19 heavy (non-hydrogen) atoms. The highest BCUT2D eigenvalue weighted by Crippen LogP contribution is 2.38. The Hall–Kier alpha value is -0.370. The highest BCUT2D eigenvalue weighted by Gasteiger charge is 2.43. The Morgan fingerprint density at radius 2 is 1.47 bits per heavy atom. The molecule has 2 aliphatic rings. The largest absolute Gasteiger partial charge is 0.297 e. The van der Waals surface area contributed by atoms with Gasteiger partial charge in [0.15, 0.2) is 5.78 Å². The minimum Gasteiger partial charge on any atom is -0.297 e. The summed E-state index contributed by atoms with van der Waals surface area (Å²) in [5.41, 5.74) is -0.137. The minimum absolute atomic E-state index is 0.137. The van der Waals surface area contributed by atoms with Crippen LogP contribution in [0.5, 0.6) is 0 Å². The average Bonchev–Trinajstić information content (AvgIpc) is 2.65. The van der Waals surface area contributed by atoms with E-state index in [0.29, 0.717) is 11.7 Å². The molecule has 0 aromatic carbocycles. The van der Waals surface area contributed by atoms with Crippen LogP contribution in [-0.4, -0.2) is 30.3 Å². The van der Waals surface area contributed by atoms with Crippen LogP contribution in [0.2, 0.25) is 0 Å². The maximum atomic E-state index is 13.1. The fraction of sp³-hybridized carbons (Fsp3) is 0.941. The molecule has 2 nitrogen and oxygen atoms in total. The zero-order valence-corrected chi connectivity index (χ0v) is 13.1. The van der Waals surface area contributed by atoms with Crippen molar-refractivity contribution in [1.29, 1.82) is 0 Å². The van der Waals surface area contributed by atoms with Gasteiger partial charge in [0.25, 0.3) is 0 Å². The van der Waals surface area contributed by atoms with Gasteiger partial charge in [0.05, 0.1) is 5.54 Å². The molecule has 0 radical (unpaired) electrons. The SMILES string of the molecule is CC1CCC(C(=O)C2(N(C)C)CCCCCC2)CC1. The van der Waals surface area contributed by atoms with E-state index in [0.717, 1.165) is 31.6 Å². The van der Waals surface area contributed by atoms with E-state index < -0.39 is 0 Å². The molecule has 110 valence electrons. The molecule has 2 saturated carbocycles. The molecule has 0 heterocycles. The molecule has 0 amide bonds. The summed E-state index contributed by atoms with van der Waals surface area (Å²) in [7, 11) is 4.24. The smallest absolute Gasteiger partial charge is 0.156 e. The molecule has 0 aromatic rings. The fourth-order valence-electron chi connectivity index (χ4n) is 4.13. The number of hydrogen-bond acceptors (Lipinski definition) is 2. The van der Waals surface area contributed by atoms with Gasteiger partial charge in [0, 0.05) is 5.92 Å². The van der Waals surface area contributed by atoms with Crippen LogP contribution in [0.15, 0.2) is 0 Å². The van der Waals surface area contributed by atoms with Crippen LogP contribution in [0.3, 0.4) is 0 Å². The summed E-state index contributed by atoms with van der Waals surface area (Å²) in [6.45, 7) is 2.33. The molecule has 0 unspecified atom stereocenters. The van der Waals surface area contributed by atoms with E-state index in [4.69, 9.17) is 0 Å². The van der Waals surface area contributed by atoms with Gasteiger partial charge in [-0.05, 0) is 45.7 Å². The van der Waals surface area contributed by atoms with E-state index in [1.165, 1.54) is 38.5 Å². The van der Waals surface area contributed by atoms with Crippen LogP contribution < -0.4 is 0 Å². The number of nitrogens with zero attached hydrogens (tertiary/aromatic N) is 1. The summed E-state index contributed by atoms with van der Waals surface area (Å²) in [5.74, 6) is 1.75. The van der Waals surface area contributed by atoms with Crippen molar-refractivity contribution in [2.75, 3.05) is 14.1 Å². The topological polar surface area (TPSA) is 20.3 Å². The number of carbonyl (C=O) groups excluding carboxylic acids is 1. The summed E-state index contributed by atoms with van der Waals surface area (Å²) in [6.07, 6.45) is 12.0. The molecular weight excluding hydrogens is 234 g/mol. The zero-order chi connectivity index (χ0) is 13.9. The molecule has 0 saturated heterocycles. The molecule has 0 atom stereocenters. The van der Waals surface area contributed by atoms with Gasteiger partial charge < -0.3 is 0 Å². The maximum Gasteiger partial charge on any atom is 0.156 e. The van der Waals surface area contributed by atoms with E-state index in [2.05, 4.69) is 25.9 Å². The molecular formula is C17H31NO. The van der Waals surface area contributed by atoms with E-state index >= 15 is 0 Å². The van der Waals surface area contributed by atoms with Crippen molar-refractivity contribution in [3.8, 4) is 0 Å². The molecule has 0 N–H and O–H groups in total. The standard InChI is InChI=1S/C17H31NO/c1-14-8-10-15(11-9-14)16(19)17(18(2)3)12-6-4-5-7-13-17/h14-15H,4-13H2,1-3H3. The third-order valence-corrected chi connectivity index (χ3v) is 5.63. The molecule has 2 heteroatoms. The van der Waals surface area contributed by atoms with Crippen LogP contribution in [0.25, 0.3) is 0 Å². The predicted octanol–water partition coefficient (Wildman–Crippen LogP) is 4.04. The van der Waals surface area contributed by atoms with Gasteiger partial charge >= 0.3 is 0 Å². The summed E-state index contributed by atoms with van der Waals surface area (Å²) >= 11 is 0. The number of ketones is 1. The first-order chi connectivity index (χ1) is 9.06. The maximum absolute atomic E-state index is 13.1. The second-order valence-corrected chi connectivity index (χ2v) is 7.16. The van der Waals surface area contributed by atoms with Gasteiger partial charge in [-0.1, -0.05) is 45.4 Å². The van der Waals surface area contributed by atoms with E-state index in [1.807, 2.05) is 0 Å². The lowest BCUT2D eigenvalue weighted by Crippen LogP contribution is -2.53. The number of Topliss-reactive ketones (excluding diaryl/α,β-unsaturated/α-hetero) is 1. The van der Waals surface area contributed by atoms with Gasteiger partial charge in [-0.15, -0.1) is 0 Å². The summed E-state index contributed by atoms with van der Waals surface area (Å²) < 4.78 is 0. The number of hydrogen-bond donors (Lipinski definition) is 0. The lowest BCUT2D eigenvalue weighted by molar-refractivity contribution is -0.136. The monoisotopic (exact) mass is 265 g/mol. The van der Waals surface area contributed by atoms with Crippen molar-refractivity contribution >= 4 is 5.78 Å². The lowest BCUT2D eigenvalue weighted by Gasteiger charge is -2.41.